The Morgan fingerprint density at radius 2 is 1.83 bits per heavy atom. The standard InChI is InChI=1S/C21H14N2O/c1-13-11-14-8-9-16-15-5-4-6-17(19-7-2-3-10-22-19)20(15)24-21(16)18(14)12-23-13/h2-12H,1H3/i1D3. The Morgan fingerprint density at radius 3 is 2.71 bits per heavy atom. The molecule has 0 N–H and O–H groups in total. The number of fused-ring (bicyclic) bond motifs is 5. The molecule has 114 valence electrons. The molecule has 0 saturated carbocycles. The number of rotatable bonds is 1. The van der Waals surface area contributed by atoms with E-state index in [-0.39, 0.29) is 5.69 Å². The molecule has 3 aromatic heterocycles. The minimum absolute atomic E-state index is 0.0830. The van der Waals surface area contributed by atoms with E-state index in [1.54, 1.807) is 18.5 Å². The molecule has 0 fully saturated rings. The first-order valence-electron chi connectivity index (χ1n) is 9.18. The van der Waals surface area contributed by atoms with Gasteiger partial charge in [-0.2, -0.15) is 0 Å². The quantitative estimate of drug-likeness (QED) is 0.410. The van der Waals surface area contributed by atoms with Crippen LogP contribution in [0.25, 0.3) is 44.0 Å². The highest BCUT2D eigenvalue weighted by Crippen LogP contribution is 2.37. The van der Waals surface area contributed by atoms with E-state index >= 15 is 0 Å². The van der Waals surface area contributed by atoms with Crippen LogP contribution in [0.2, 0.25) is 0 Å². The van der Waals surface area contributed by atoms with Gasteiger partial charge in [0.2, 0.25) is 0 Å². The molecule has 2 aromatic carbocycles. The summed E-state index contributed by atoms with van der Waals surface area (Å²) in [5.74, 6) is 0. The van der Waals surface area contributed by atoms with Crippen molar-refractivity contribution in [2.75, 3.05) is 0 Å². The van der Waals surface area contributed by atoms with Crippen molar-refractivity contribution in [3.63, 3.8) is 0 Å². The summed E-state index contributed by atoms with van der Waals surface area (Å²) in [5, 5.41) is 3.56. The Hall–Kier alpha value is -3.20. The van der Waals surface area contributed by atoms with E-state index in [9.17, 15) is 0 Å². The monoisotopic (exact) mass is 313 g/mol. The van der Waals surface area contributed by atoms with E-state index in [1.807, 2.05) is 48.5 Å². The molecule has 0 unspecified atom stereocenters. The van der Waals surface area contributed by atoms with Crippen molar-refractivity contribution < 1.29 is 8.53 Å². The first kappa shape index (κ1) is 10.6. The smallest absolute Gasteiger partial charge is 0.144 e. The number of nitrogens with zero attached hydrogens (tertiary/aromatic N) is 2. The number of aromatic nitrogens is 2. The van der Waals surface area contributed by atoms with Crippen LogP contribution in [0.1, 0.15) is 9.81 Å². The second-order valence-corrected chi connectivity index (χ2v) is 5.73. The molecule has 0 radical (unpaired) electrons. The number of benzene rings is 2. The van der Waals surface area contributed by atoms with Crippen molar-refractivity contribution in [3.05, 3.63) is 72.7 Å². The lowest BCUT2D eigenvalue weighted by Crippen LogP contribution is -1.81. The molecule has 0 aliphatic heterocycles. The molecular formula is C21H14N2O. The maximum absolute atomic E-state index is 7.56. The highest BCUT2D eigenvalue weighted by molar-refractivity contribution is 6.16. The van der Waals surface area contributed by atoms with Crippen molar-refractivity contribution in [1.82, 2.24) is 9.97 Å². The number of hydrogen-bond donors (Lipinski definition) is 0. The summed E-state index contributed by atoms with van der Waals surface area (Å²) >= 11 is 0. The molecule has 0 spiro atoms. The van der Waals surface area contributed by atoms with E-state index in [0.29, 0.717) is 5.58 Å². The van der Waals surface area contributed by atoms with Gasteiger partial charge >= 0.3 is 0 Å². The van der Waals surface area contributed by atoms with E-state index in [2.05, 4.69) is 9.97 Å². The van der Waals surface area contributed by atoms with Crippen LogP contribution in [0.5, 0.6) is 0 Å². The maximum Gasteiger partial charge on any atom is 0.144 e. The minimum atomic E-state index is -2.23. The maximum atomic E-state index is 7.56. The van der Waals surface area contributed by atoms with Crippen LogP contribution in [-0.4, -0.2) is 9.97 Å². The van der Waals surface area contributed by atoms with Gasteiger partial charge in [0.25, 0.3) is 0 Å². The number of para-hydroxylation sites is 1. The lowest BCUT2D eigenvalue weighted by Gasteiger charge is -2.00. The molecule has 3 heterocycles. The molecular weight excluding hydrogens is 296 g/mol. The Labute approximate surface area is 142 Å². The number of hydrogen-bond acceptors (Lipinski definition) is 3. The normalized spacial score (nSPS) is 13.9. The van der Waals surface area contributed by atoms with Crippen LogP contribution < -0.4 is 0 Å². The first-order valence-corrected chi connectivity index (χ1v) is 7.68. The van der Waals surface area contributed by atoms with Crippen LogP contribution in [0.3, 0.4) is 0 Å². The van der Waals surface area contributed by atoms with Crippen LogP contribution in [-0.2, 0) is 0 Å². The van der Waals surface area contributed by atoms with Gasteiger partial charge in [-0.3, -0.25) is 9.97 Å². The largest absolute Gasteiger partial charge is 0.455 e. The average Bonchev–Trinajstić information content (AvgIpc) is 3.06. The molecule has 5 aromatic rings. The summed E-state index contributed by atoms with van der Waals surface area (Å²) in [5.41, 5.74) is 3.31. The molecule has 0 bridgehead atoms. The lowest BCUT2D eigenvalue weighted by molar-refractivity contribution is 0.673. The molecule has 0 aliphatic carbocycles. The topological polar surface area (TPSA) is 38.9 Å². The number of aryl methyl sites for hydroxylation is 1. The van der Waals surface area contributed by atoms with Crippen molar-refractivity contribution in [1.29, 1.82) is 0 Å². The molecule has 3 heteroatoms. The second-order valence-electron chi connectivity index (χ2n) is 5.73. The van der Waals surface area contributed by atoms with Gasteiger partial charge < -0.3 is 4.42 Å². The predicted molar refractivity (Wildman–Crippen MR) is 97.0 cm³/mol. The van der Waals surface area contributed by atoms with E-state index in [0.717, 1.165) is 38.4 Å². The molecule has 0 aliphatic rings. The Bertz CT molecular complexity index is 1310. The first-order chi connectivity index (χ1) is 13.0. The van der Waals surface area contributed by atoms with E-state index < -0.39 is 6.85 Å². The van der Waals surface area contributed by atoms with Crippen LogP contribution in [0.4, 0.5) is 0 Å². The van der Waals surface area contributed by atoms with Gasteiger partial charge in [0.15, 0.2) is 0 Å². The zero-order valence-corrected chi connectivity index (χ0v) is 12.7. The Morgan fingerprint density at radius 1 is 0.875 bits per heavy atom. The fourth-order valence-electron chi connectivity index (χ4n) is 3.20. The van der Waals surface area contributed by atoms with E-state index in [1.165, 1.54) is 0 Å². The third-order valence-corrected chi connectivity index (χ3v) is 4.30. The van der Waals surface area contributed by atoms with Gasteiger partial charge in [-0.25, -0.2) is 0 Å². The third-order valence-electron chi connectivity index (χ3n) is 4.30. The Kier molecular flexibility index (Phi) is 2.15. The highest BCUT2D eigenvalue weighted by Gasteiger charge is 2.14. The van der Waals surface area contributed by atoms with Gasteiger partial charge in [-0.05, 0) is 42.6 Å². The van der Waals surface area contributed by atoms with E-state index in [4.69, 9.17) is 8.53 Å². The van der Waals surface area contributed by atoms with Crippen LogP contribution in [0, 0.1) is 6.85 Å². The van der Waals surface area contributed by atoms with Gasteiger partial charge in [-0.1, -0.05) is 24.3 Å². The van der Waals surface area contributed by atoms with Crippen molar-refractivity contribution >= 4 is 32.7 Å². The molecule has 5 rings (SSSR count). The summed E-state index contributed by atoms with van der Waals surface area (Å²) < 4.78 is 28.9. The number of pyridine rings is 2. The van der Waals surface area contributed by atoms with Gasteiger partial charge in [0.05, 0.1) is 5.69 Å². The summed E-state index contributed by atoms with van der Waals surface area (Å²) in [6, 6.07) is 17.2. The molecule has 0 amide bonds. The zero-order valence-electron chi connectivity index (χ0n) is 15.7. The average molecular weight is 313 g/mol. The fourth-order valence-corrected chi connectivity index (χ4v) is 3.20. The lowest BCUT2D eigenvalue weighted by atomic mass is 10.0. The highest BCUT2D eigenvalue weighted by atomic mass is 16.3. The van der Waals surface area contributed by atoms with Gasteiger partial charge in [0, 0.05) is 43.9 Å². The SMILES string of the molecule is [2H]C([2H])([2H])c1cc2ccc3c4cccc(-c5ccccn5)c4oc3c2cn1. The summed E-state index contributed by atoms with van der Waals surface area (Å²) in [6.45, 7) is -2.23. The second kappa shape index (κ2) is 4.90. The summed E-state index contributed by atoms with van der Waals surface area (Å²) in [7, 11) is 0. The van der Waals surface area contributed by atoms with Crippen LogP contribution in [0.15, 0.2) is 71.4 Å². The molecule has 3 nitrogen and oxygen atoms in total. The zero-order chi connectivity index (χ0) is 18.6. The van der Waals surface area contributed by atoms with Gasteiger partial charge in [-0.15, -0.1) is 0 Å². The van der Waals surface area contributed by atoms with Crippen molar-refractivity contribution in [2.24, 2.45) is 0 Å². The number of furan rings is 1. The predicted octanol–water partition coefficient (Wildman–Crippen LogP) is 5.50. The summed E-state index contributed by atoms with van der Waals surface area (Å²) in [4.78, 5) is 8.58. The van der Waals surface area contributed by atoms with Crippen LogP contribution >= 0.6 is 0 Å². The third kappa shape index (κ3) is 1.85. The molecule has 0 atom stereocenters. The Balaban J connectivity index is 1.83. The van der Waals surface area contributed by atoms with Crippen molar-refractivity contribution in [3.8, 4) is 11.3 Å². The summed E-state index contributed by atoms with van der Waals surface area (Å²) in [6.07, 6.45) is 3.34. The van der Waals surface area contributed by atoms with Gasteiger partial charge in [0.1, 0.15) is 11.2 Å². The molecule has 24 heavy (non-hydrogen) atoms. The molecule has 0 saturated heterocycles. The van der Waals surface area contributed by atoms with Crippen molar-refractivity contribution in [2.45, 2.75) is 6.85 Å². The fraction of sp³-hybridized carbons (Fsp3) is 0.0476. The minimum Gasteiger partial charge on any atom is -0.455 e.